The number of methoxy groups -OCH3 is 1. The van der Waals surface area contributed by atoms with Crippen molar-refractivity contribution >= 4 is 23.5 Å². The molecule has 8 nitrogen and oxygen atoms in total. The van der Waals surface area contributed by atoms with Crippen LogP contribution in [0.4, 0.5) is 10.2 Å². The molecule has 0 unspecified atom stereocenters. The van der Waals surface area contributed by atoms with Crippen LogP contribution in [0.15, 0.2) is 24.5 Å². The zero-order chi connectivity index (χ0) is 24.5. The molecule has 34 heavy (non-hydrogen) atoms. The van der Waals surface area contributed by atoms with Gasteiger partial charge >= 0.3 is 0 Å². The molecule has 2 aliphatic rings. The lowest BCUT2D eigenvalue weighted by Gasteiger charge is -2.36. The highest BCUT2D eigenvalue weighted by atomic mass is 19.1. The van der Waals surface area contributed by atoms with Gasteiger partial charge in [-0.15, -0.1) is 0 Å². The van der Waals surface area contributed by atoms with Gasteiger partial charge in [-0.25, -0.2) is 14.4 Å². The first kappa shape index (κ1) is 23.7. The van der Waals surface area contributed by atoms with E-state index in [0.29, 0.717) is 18.7 Å². The van der Waals surface area contributed by atoms with Gasteiger partial charge in [-0.1, -0.05) is 0 Å². The molecule has 1 amide bonds. The number of rotatable bonds is 6. The lowest BCUT2D eigenvalue weighted by molar-refractivity contribution is -0.131. The van der Waals surface area contributed by atoms with Crippen molar-refractivity contribution in [2.45, 2.75) is 44.6 Å². The monoisotopic (exact) mass is 466 g/mol. The number of hydrogen-bond acceptors (Lipinski definition) is 7. The molecule has 0 aromatic carbocycles. The molecule has 3 N–H and O–H groups in total. The van der Waals surface area contributed by atoms with Gasteiger partial charge in [-0.3, -0.25) is 4.79 Å². The Morgan fingerprint density at radius 2 is 2.21 bits per heavy atom. The number of nitrogens with zero attached hydrogens (tertiary/aromatic N) is 3. The molecule has 180 valence electrons. The van der Waals surface area contributed by atoms with Crippen molar-refractivity contribution in [3.8, 4) is 5.88 Å². The molecule has 2 aromatic heterocycles. The fraction of sp³-hybridized carbons (Fsp3) is 0.440. The van der Waals surface area contributed by atoms with Crippen LogP contribution in [0.25, 0.3) is 5.57 Å². The lowest BCUT2D eigenvalue weighted by atomic mass is 9.86. The average molecular weight is 467 g/mol. The number of anilines is 1. The molecule has 1 spiro atoms. The van der Waals surface area contributed by atoms with E-state index in [1.165, 1.54) is 19.4 Å². The van der Waals surface area contributed by atoms with E-state index in [2.05, 4.69) is 21.7 Å². The Morgan fingerprint density at radius 3 is 2.91 bits per heavy atom. The van der Waals surface area contributed by atoms with Gasteiger partial charge in [-0.05, 0) is 44.7 Å². The van der Waals surface area contributed by atoms with Crippen LogP contribution >= 0.6 is 0 Å². The second-order valence-electron chi connectivity index (χ2n) is 9.05. The van der Waals surface area contributed by atoms with Crippen LogP contribution in [-0.4, -0.2) is 59.8 Å². The Hall–Kier alpha value is -3.49. The summed E-state index contributed by atoms with van der Waals surface area (Å²) in [5, 5.41) is 14.3. The van der Waals surface area contributed by atoms with Crippen molar-refractivity contribution in [3.63, 3.8) is 0 Å². The smallest absolute Gasteiger partial charge is 0.230 e. The summed E-state index contributed by atoms with van der Waals surface area (Å²) in [6.07, 6.45) is 6.73. The van der Waals surface area contributed by atoms with Gasteiger partial charge in [0.05, 0.1) is 24.8 Å². The van der Waals surface area contributed by atoms with Crippen molar-refractivity contribution < 1.29 is 13.9 Å². The van der Waals surface area contributed by atoms with Gasteiger partial charge in [0.2, 0.25) is 11.8 Å². The maximum absolute atomic E-state index is 14.4. The standard InChI is InChI=1S/C25H31FN6O2/c1-15(19-10-22(34-4)29-13-21(19)26)24(33)32-8-7-25(14-32)6-5-17-9-20(18(11-27)12-28-3)16(2)30-23(17)31-25/h9-13,15,27-28H,5-8,14H2,1-4H3,(H,30,31)/b18-12+,27-11?/t15-,25-/m1/s1. The number of ether oxygens (including phenoxy) is 1. The number of nitrogens with one attached hydrogen (secondary N) is 3. The Kier molecular flexibility index (Phi) is 6.54. The molecule has 9 heteroatoms. The van der Waals surface area contributed by atoms with Crippen LogP contribution in [0.1, 0.15) is 48.1 Å². The summed E-state index contributed by atoms with van der Waals surface area (Å²) in [7, 11) is 3.28. The number of pyridine rings is 2. The molecular formula is C25H31FN6O2. The molecule has 0 saturated carbocycles. The number of carbonyl (C=O) groups is 1. The molecule has 0 bridgehead atoms. The van der Waals surface area contributed by atoms with Crippen LogP contribution in [0.2, 0.25) is 0 Å². The number of carbonyl (C=O) groups excluding carboxylic acids is 1. The van der Waals surface area contributed by atoms with Crippen LogP contribution < -0.4 is 15.4 Å². The van der Waals surface area contributed by atoms with Gasteiger partial charge in [0.25, 0.3) is 0 Å². The highest BCUT2D eigenvalue weighted by Gasteiger charge is 2.43. The van der Waals surface area contributed by atoms with E-state index in [-0.39, 0.29) is 17.3 Å². The molecule has 4 heterocycles. The van der Waals surface area contributed by atoms with Crippen molar-refractivity contribution in [2.75, 3.05) is 32.6 Å². The molecule has 2 aliphatic heterocycles. The number of aromatic nitrogens is 2. The lowest BCUT2D eigenvalue weighted by Crippen LogP contribution is -2.46. The summed E-state index contributed by atoms with van der Waals surface area (Å²) in [5.74, 6) is -0.120. The topological polar surface area (TPSA) is 103 Å². The fourth-order valence-electron chi connectivity index (χ4n) is 4.93. The molecule has 0 aliphatic carbocycles. The summed E-state index contributed by atoms with van der Waals surface area (Å²) in [6, 6.07) is 3.60. The molecule has 0 radical (unpaired) electrons. The van der Waals surface area contributed by atoms with E-state index in [9.17, 15) is 9.18 Å². The van der Waals surface area contributed by atoms with E-state index in [1.807, 2.05) is 18.9 Å². The van der Waals surface area contributed by atoms with Gasteiger partial charge in [-0.2, -0.15) is 0 Å². The SMILES string of the molecule is CN/C=C(\C=N)c1cc2c(nc1C)N[C@]1(CC2)CCN(C(=O)[C@H](C)c2cc(OC)ncc2F)C1. The minimum absolute atomic E-state index is 0.107. The highest BCUT2D eigenvalue weighted by molar-refractivity contribution is 6.08. The van der Waals surface area contributed by atoms with Crippen LogP contribution in [-0.2, 0) is 11.2 Å². The Bertz CT molecular complexity index is 1150. The number of likely N-dealkylation sites (tertiary alicyclic amines) is 1. The van der Waals surface area contributed by atoms with E-state index >= 15 is 0 Å². The predicted octanol–water partition coefficient (Wildman–Crippen LogP) is 3.28. The van der Waals surface area contributed by atoms with Crippen LogP contribution in [0.3, 0.4) is 0 Å². The van der Waals surface area contributed by atoms with E-state index < -0.39 is 11.7 Å². The molecule has 1 fully saturated rings. The number of amides is 1. The summed E-state index contributed by atoms with van der Waals surface area (Å²) in [5.41, 5.74) is 3.72. The summed E-state index contributed by atoms with van der Waals surface area (Å²) >= 11 is 0. The maximum atomic E-state index is 14.4. The number of allylic oxidation sites excluding steroid dienone is 1. The van der Waals surface area contributed by atoms with E-state index in [1.54, 1.807) is 13.1 Å². The first-order chi connectivity index (χ1) is 16.3. The van der Waals surface area contributed by atoms with E-state index in [0.717, 1.165) is 53.7 Å². The molecule has 2 atom stereocenters. The minimum atomic E-state index is -0.635. The number of aryl methyl sites for hydroxylation is 2. The van der Waals surface area contributed by atoms with Crippen LogP contribution in [0, 0.1) is 18.2 Å². The third-order valence-corrected chi connectivity index (χ3v) is 6.89. The van der Waals surface area contributed by atoms with Gasteiger partial charge < -0.3 is 25.7 Å². The molecule has 1 saturated heterocycles. The Balaban J connectivity index is 1.51. The zero-order valence-corrected chi connectivity index (χ0v) is 20.0. The van der Waals surface area contributed by atoms with Gasteiger partial charge in [0, 0.05) is 61.0 Å². The third-order valence-electron chi connectivity index (χ3n) is 6.89. The maximum Gasteiger partial charge on any atom is 0.230 e. The Labute approximate surface area is 199 Å². The molecular weight excluding hydrogens is 435 g/mol. The third kappa shape index (κ3) is 4.34. The zero-order valence-electron chi connectivity index (χ0n) is 20.0. The largest absolute Gasteiger partial charge is 0.481 e. The van der Waals surface area contributed by atoms with Crippen molar-refractivity contribution in [1.29, 1.82) is 5.41 Å². The van der Waals surface area contributed by atoms with Gasteiger partial charge in [0.15, 0.2) is 0 Å². The summed E-state index contributed by atoms with van der Waals surface area (Å²) in [6.45, 7) is 4.82. The van der Waals surface area contributed by atoms with E-state index in [4.69, 9.17) is 15.1 Å². The summed E-state index contributed by atoms with van der Waals surface area (Å²) < 4.78 is 19.5. The Morgan fingerprint density at radius 1 is 1.41 bits per heavy atom. The normalized spacial score (nSPS) is 20.5. The highest BCUT2D eigenvalue weighted by Crippen LogP contribution is 2.38. The predicted molar refractivity (Wildman–Crippen MR) is 130 cm³/mol. The quantitative estimate of drug-likeness (QED) is 0.565. The minimum Gasteiger partial charge on any atom is -0.481 e. The second-order valence-corrected chi connectivity index (χ2v) is 9.05. The number of halogens is 1. The average Bonchev–Trinajstić information content (AvgIpc) is 3.24. The van der Waals surface area contributed by atoms with Crippen molar-refractivity contribution in [3.05, 3.63) is 52.7 Å². The number of fused-ring (bicyclic) bond motifs is 1. The molecule has 2 aromatic rings. The number of hydrogen-bond donors (Lipinski definition) is 3. The van der Waals surface area contributed by atoms with Crippen molar-refractivity contribution in [1.82, 2.24) is 20.2 Å². The van der Waals surface area contributed by atoms with Gasteiger partial charge in [0.1, 0.15) is 11.6 Å². The van der Waals surface area contributed by atoms with Crippen LogP contribution in [0.5, 0.6) is 5.88 Å². The first-order valence-corrected chi connectivity index (χ1v) is 11.5. The first-order valence-electron chi connectivity index (χ1n) is 11.5. The fourth-order valence-corrected chi connectivity index (χ4v) is 4.93. The van der Waals surface area contributed by atoms with Crippen molar-refractivity contribution in [2.24, 2.45) is 0 Å². The second kappa shape index (κ2) is 9.40. The molecule has 4 rings (SSSR count). The summed E-state index contributed by atoms with van der Waals surface area (Å²) in [4.78, 5) is 23.8.